The van der Waals surface area contributed by atoms with Gasteiger partial charge in [-0.1, -0.05) is 6.92 Å². The van der Waals surface area contributed by atoms with Crippen molar-refractivity contribution in [2.75, 3.05) is 0 Å². The van der Waals surface area contributed by atoms with Crippen LogP contribution in [0.5, 0.6) is 0 Å². The lowest BCUT2D eigenvalue weighted by atomic mass is 10.4. The van der Waals surface area contributed by atoms with Crippen LogP contribution in [0, 0.1) is 0 Å². The van der Waals surface area contributed by atoms with Crippen molar-refractivity contribution in [1.82, 2.24) is 9.55 Å². The lowest BCUT2D eigenvalue weighted by Crippen LogP contribution is -2.02. The molecule has 0 saturated carbocycles. The third-order valence-corrected chi connectivity index (χ3v) is 1.76. The molecule has 1 atom stereocenters. The average Bonchev–Trinajstić information content (AvgIpc) is 2.36. The molecule has 0 amide bonds. The van der Waals surface area contributed by atoms with Crippen molar-refractivity contribution in [2.24, 2.45) is 0 Å². The molecular weight excluding hydrogens is 195 g/mol. The van der Waals surface area contributed by atoms with Crippen LogP contribution < -0.4 is 0 Å². The summed E-state index contributed by atoms with van der Waals surface area (Å²) in [5.41, 5.74) is 0. The molecule has 12 heavy (non-hydrogen) atoms. The van der Waals surface area contributed by atoms with Crippen LogP contribution in [0.1, 0.15) is 31.5 Å². The van der Waals surface area contributed by atoms with Gasteiger partial charge in [0.2, 0.25) is 0 Å². The number of aryl methyl sites for hydroxylation is 1. The van der Waals surface area contributed by atoms with Gasteiger partial charge in [0.05, 0.1) is 5.38 Å². The Hall–Kier alpha value is -0.210. The van der Waals surface area contributed by atoms with Crippen molar-refractivity contribution in [2.45, 2.75) is 32.2 Å². The first kappa shape index (κ1) is 11.8. The Balaban J connectivity index is 0.00000121. The predicted octanol–water partition coefficient (Wildman–Crippen LogP) is 3.01. The topological polar surface area (TPSA) is 17.8 Å². The zero-order valence-corrected chi connectivity index (χ0v) is 8.90. The zero-order chi connectivity index (χ0) is 8.27. The van der Waals surface area contributed by atoms with E-state index in [0.717, 1.165) is 18.8 Å². The number of imidazole rings is 1. The standard InChI is InChI=1S/C8H13ClN2.ClH/c1-3-5-11-6-4-10-8(11)7(2)9;/h4,6-7H,3,5H2,1-2H3;1H. The maximum Gasteiger partial charge on any atom is 0.126 e. The van der Waals surface area contributed by atoms with E-state index in [-0.39, 0.29) is 17.8 Å². The second kappa shape index (κ2) is 5.44. The van der Waals surface area contributed by atoms with Crippen LogP contribution >= 0.6 is 24.0 Å². The summed E-state index contributed by atoms with van der Waals surface area (Å²) in [7, 11) is 0. The van der Waals surface area contributed by atoms with Gasteiger partial charge in [-0.05, 0) is 13.3 Å². The van der Waals surface area contributed by atoms with Gasteiger partial charge in [-0.3, -0.25) is 0 Å². The third kappa shape index (κ3) is 2.68. The van der Waals surface area contributed by atoms with Crippen molar-refractivity contribution in [3.63, 3.8) is 0 Å². The number of halogens is 2. The van der Waals surface area contributed by atoms with Crippen molar-refractivity contribution in [3.8, 4) is 0 Å². The Morgan fingerprint density at radius 3 is 2.83 bits per heavy atom. The van der Waals surface area contributed by atoms with Crippen molar-refractivity contribution in [1.29, 1.82) is 0 Å². The molecular formula is C8H14Cl2N2. The van der Waals surface area contributed by atoms with Gasteiger partial charge in [-0.25, -0.2) is 4.98 Å². The molecule has 0 aliphatic heterocycles. The van der Waals surface area contributed by atoms with Crippen molar-refractivity contribution < 1.29 is 0 Å². The quantitative estimate of drug-likeness (QED) is 0.699. The number of aromatic nitrogens is 2. The fourth-order valence-corrected chi connectivity index (χ4v) is 1.28. The molecule has 0 aliphatic carbocycles. The maximum atomic E-state index is 5.90. The molecule has 0 fully saturated rings. The smallest absolute Gasteiger partial charge is 0.126 e. The molecule has 0 spiro atoms. The normalized spacial score (nSPS) is 12.2. The molecule has 1 heterocycles. The van der Waals surface area contributed by atoms with Crippen LogP contribution in [-0.2, 0) is 6.54 Å². The number of alkyl halides is 1. The Bertz CT molecular complexity index is 221. The molecule has 0 bridgehead atoms. The molecule has 1 aromatic rings. The average molecular weight is 209 g/mol. The highest BCUT2D eigenvalue weighted by atomic mass is 35.5. The molecule has 1 rings (SSSR count). The van der Waals surface area contributed by atoms with E-state index < -0.39 is 0 Å². The molecule has 0 saturated heterocycles. The minimum atomic E-state index is 0. The summed E-state index contributed by atoms with van der Waals surface area (Å²) in [6, 6.07) is 0. The summed E-state index contributed by atoms with van der Waals surface area (Å²) in [4.78, 5) is 4.17. The molecule has 1 aromatic heterocycles. The largest absolute Gasteiger partial charge is 0.334 e. The molecule has 1 unspecified atom stereocenters. The van der Waals surface area contributed by atoms with Crippen LogP contribution in [-0.4, -0.2) is 9.55 Å². The predicted molar refractivity (Wildman–Crippen MR) is 54.0 cm³/mol. The van der Waals surface area contributed by atoms with Gasteiger partial charge in [0, 0.05) is 18.9 Å². The summed E-state index contributed by atoms with van der Waals surface area (Å²) < 4.78 is 2.09. The second-order valence-electron chi connectivity index (χ2n) is 2.59. The molecule has 70 valence electrons. The van der Waals surface area contributed by atoms with Crippen LogP contribution in [0.25, 0.3) is 0 Å². The number of nitrogens with zero attached hydrogens (tertiary/aromatic N) is 2. The highest BCUT2D eigenvalue weighted by Gasteiger charge is 2.06. The van der Waals surface area contributed by atoms with Crippen molar-refractivity contribution in [3.05, 3.63) is 18.2 Å². The zero-order valence-electron chi connectivity index (χ0n) is 7.33. The Kier molecular flexibility index (Phi) is 5.34. The van der Waals surface area contributed by atoms with Gasteiger partial charge < -0.3 is 4.57 Å². The molecule has 0 radical (unpaired) electrons. The van der Waals surface area contributed by atoms with Crippen molar-refractivity contribution >= 4 is 24.0 Å². The molecule has 0 N–H and O–H groups in total. The summed E-state index contributed by atoms with van der Waals surface area (Å²) in [6.07, 6.45) is 4.88. The molecule has 0 aromatic carbocycles. The summed E-state index contributed by atoms with van der Waals surface area (Å²) >= 11 is 5.90. The van der Waals surface area contributed by atoms with E-state index in [2.05, 4.69) is 16.5 Å². The number of hydrogen-bond donors (Lipinski definition) is 0. The Labute approximate surface area is 84.4 Å². The van der Waals surface area contributed by atoms with Crippen LogP contribution in [0.4, 0.5) is 0 Å². The SMILES string of the molecule is CCCn1ccnc1C(C)Cl.Cl. The molecule has 4 heteroatoms. The van der Waals surface area contributed by atoms with Gasteiger partial charge >= 0.3 is 0 Å². The summed E-state index contributed by atoms with van der Waals surface area (Å²) in [5.74, 6) is 0.966. The first-order valence-electron chi connectivity index (χ1n) is 3.90. The minimum absolute atomic E-state index is 0. The van der Waals surface area contributed by atoms with E-state index in [4.69, 9.17) is 11.6 Å². The number of rotatable bonds is 3. The fraction of sp³-hybridized carbons (Fsp3) is 0.625. The highest BCUT2D eigenvalue weighted by Crippen LogP contribution is 2.16. The van der Waals surface area contributed by atoms with Gasteiger partial charge in [-0.15, -0.1) is 24.0 Å². The minimum Gasteiger partial charge on any atom is -0.334 e. The lowest BCUT2D eigenvalue weighted by molar-refractivity contribution is 0.638. The lowest BCUT2D eigenvalue weighted by Gasteiger charge is -2.06. The van der Waals surface area contributed by atoms with E-state index in [9.17, 15) is 0 Å². The monoisotopic (exact) mass is 208 g/mol. The van der Waals surface area contributed by atoms with E-state index in [0.29, 0.717) is 0 Å². The number of hydrogen-bond acceptors (Lipinski definition) is 1. The van der Waals surface area contributed by atoms with Crippen LogP contribution in [0.15, 0.2) is 12.4 Å². The third-order valence-electron chi connectivity index (χ3n) is 1.57. The van der Waals surface area contributed by atoms with E-state index in [1.54, 1.807) is 6.20 Å². The fourth-order valence-electron chi connectivity index (χ4n) is 1.10. The first-order valence-corrected chi connectivity index (χ1v) is 4.34. The van der Waals surface area contributed by atoms with Crippen LogP contribution in [0.2, 0.25) is 0 Å². The van der Waals surface area contributed by atoms with Gasteiger partial charge in [0.15, 0.2) is 0 Å². The highest BCUT2D eigenvalue weighted by molar-refractivity contribution is 6.20. The summed E-state index contributed by atoms with van der Waals surface area (Å²) in [5, 5.41) is 0.0107. The Morgan fingerprint density at radius 1 is 1.67 bits per heavy atom. The summed E-state index contributed by atoms with van der Waals surface area (Å²) in [6.45, 7) is 5.09. The van der Waals surface area contributed by atoms with Crippen LogP contribution in [0.3, 0.4) is 0 Å². The van der Waals surface area contributed by atoms with Gasteiger partial charge in [-0.2, -0.15) is 0 Å². The first-order chi connectivity index (χ1) is 5.25. The maximum absolute atomic E-state index is 5.90. The molecule has 0 aliphatic rings. The van der Waals surface area contributed by atoms with E-state index in [1.165, 1.54) is 0 Å². The second-order valence-corrected chi connectivity index (χ2v) is 3.25. The van der Waals surface area contributed by atoms with Gasteiger partial charge in [0.1, 0.15) is 5.82 Å². The van der Waals surface area contributed by atoms with E-state index in [1.807, 2.05) is 13.1 Å². The van der Waals surface area contributed by atoms with Gasteiger partial charge in [0.25, 0.3) is 0 Å². The molecule has 2 nitrogen and oxygen atoms in total. The Morgan fingerprint density at radius 2 is 2.33 bits per heavy atom. The van der Waals surface area contributed by atoms with E-state index >= 15 is 0 Å².